The van der Waals surface area contributed by atoms with Crippen molar-refractivity contribution >= 4 is 26.7 Å². The number of fused-ring (bicyclic) bond motifs is 1. The molecule has 0 saturated heterocycles. The third-order valence-corrected chi connectivity index (χ3v) is 3.42. The predicted molar refractivity (Wildman–Crippen MR) is 81.5 cm³/mol. The van der Waals surface area contributed by atoms with Gasteiger partial charge < -0.3 is 5.32 Å². The van der Waals surface area contributed by atoms with Gasteiger partial charge in [0, 0.05) is 4.47 Å². The third kappa shape index (κ3) is 2.93. The zero-order chi connectivity index (χ0) is 13.0. The molecule has 2 rings (SSSR count). The van der Waals surface area contributed by atoms with Crippen molar-refractivity contribution in [1.82, 2.24) is 5.32 Å². The Kier molecular flexibility index (Phi) is 4.41. The monoisotopic (exact) mass is 301 g/mol. The van der Waals surface area contributed by atoms with Gasteiger partial charge in [-0.15, -0.1) is 6.42 Å². The van der Waals surface area contributed by atoms with Crippen LogP contribution in [0.4, 0.5) is 0 Å². The van der Waals surface area contributed by atoms with Gasteiger partial charge in [0.25, 0.3) is 0 Å². The van der Waals surface area contributed by atoms with Gasteiger partial charge in [-0.1, -0.05) is 47.0 Å². The van der Waals surface area contributed by atoms with Crippen LogP contribution in [0.1, 0.15) is 24.9 Å². The van der Waals surface area contributed by atoms with Crippen LogP contribution in [0.3, 0.4) is 0 Å². The first-order valence-corrected chi connectivity index (χ1v) is 6.92. The average Bonchev–Trinajstić information content (AvgIpc) is 2.39. The average molecular weight is 302 g/mol. The maximum Gasteiger partial charge on any atom is 0.0943 e. The maximum absolute atomic E-state index is 5.59. The predicted octanol–water partition coefficient (Wildman–Crippen LogP) is 4.28. The second-order valence-electron chi connectivity index (χ2n) is 4.30. The summed E-state index contributed by atoms with van der Waals surface area (Å²) in [6, 6.07) is 12.7. The number of rotatable bonds is 4. The fraction of sp³-hybridized carbons (Fsp3) is 0.250. The number of benzene rings is 2. The van der Waals surface area contributed by atoms with Gasteiger partial charge in [-0.2, -0.15) is 0 Å². The van der Waals surface area contributed by atoms with Crippen molar-refractivity contribution in [2.24, 2.45) is 0 Å². The molecule has 0 fully saturated rings. The van der Waals surface area contributed by atoms with E-state index >= 15 is 0 Å². The van der Waals surface area contributed by atoms with E-state index in [1.165, 1.54) is 10.8 Å². The fourth-order valence-electron chi connectivity index (χ4n) is 1.98. The molecule has 0 heterocycles. The van der Waals surface area contributed by atoms with E-state index in [2.05, 4.69) is 70.5 Å². The molecule has 2 aromatic rings. The van der Waals surface area contributed by atoms with Crippen LogP contribution >= 0.6 is 15.9 Å². The third-order valence-electron chi connectivity index (χ3n) is 2.92. The lowest BCUT2D eigenvalue weighted by atomic mass is 10.0. The van der Waals surface area contributed by atoms with Crippen LogP contribution in [0.5, 0.6) is 0 Å². The van der Waals surface area contributed by atoms with Crippen molar-refractivity contribution in [3.05, 3.63) is 46.4 Å². The lowest BCUT2D eigenvalue weighted by molar-refractivity contribution is 0.627. The minimum atomic E-state index is -0.00185. The molecule has 0 spiro atoms. The van der Waals surface area contributed by atoms with Gasteiger partial charge in [0.05, 0.1) is 6.04 Å². The molecule has 0 aliphatic heterocycles. The van der Waals surface area contributed by atoms with E-state index in [0.717, 1.165) is 23.0 Å². The standard InChI is InChI=1S/C16H16BrN/c1-3-9-18-16(4-2)14-6-5-13-11-15(17)8-7-12(13)10-14/h2,5-8,10-11,16,18H,3,9H2,1H3. The summed E-state index contributed by atoms with van der Waals surface area (Å²) < 4.78 is 1.10. The molecular formula is C16H16BrN. The zero-order valence-electron chi connectivity index (χ0n) is 10.4. The molecule has 0 aliphatic carbocycles. The molecule has 1 N–H and O–H groups in total. The Morgan fingerprint density at radius 3 is 2.67 bits per heavy atom. The van der Waals surface area contributed by atoms with E-state index in [4.69, 9.17) is 6.42 Å². The lowest BCUT2D eigenvalue weighted by Crippen LogP contribution is -2.20. The van der Waals surface area contributed by atoms with Crippen LogP contribution in [-0.4, -0.2) is 6.54 Å². The van der Waals surface area contributed by atoms with Crippen LogP contribution in [-0.2, 0) is 0 Å². The summed E-state index contributed by atoms with van der Waals surface area (Å²) in [6.45, 7) is 3.08. The highest BCUT2D eigenvalue weighted by atomic mass is 79.9. The molecule has 18 heavy (non-hydrogen) atoms. The molecule has 92 valence electrons. The summed E-state index contributed by atoms with van der Waals surface area (Å²) in [5, 5.41) is 5.80. The van der Waals surface area contributed by atoms with Crippen molar-refractivity contribution < 1.29 is 0 Å². The summed E-state index contributed by atoms with van der Waals surface area (Å²) in [6.07, 6.45) is 6.68. The van der Waals surface area contributed by atoms with Crippen LogP contribution in [0, 0.1) is 12.3 Å². The van der Waals surface area contributed by atoms with Gasteiger partial charge in [-0.05, 0) is 47.5 Å². The second kappa shape index (κ2) is 6.04. The second-order valence-corrected chi connectivity index (χ2v) is 5.22. The van der Waals surface area contributed by atoms with Crippen molar-refractivity contribution in [3.8, 4) is 12.3 Å². The van der Waals surface area contributed by atoms with Crippen molar-refractivity contribution in [1.29, 1.82) is 0 Å². The van der Waals surface area contributed by atoms with E-state index in [1.807, 2.05) is 0 Å². The molecule has 1 unspecified atom stereocenters. The maximum atomic E-state index is 5.59. The quantitative estimate of drug-likeness (QED) is 0.831. The molecule has 0 amide bonds. The molecule has 1 atom stereocenters. The molecule has 1 nitrogen and oxygen atoms in total. The van der Waals surface area contributed by atoms with Crippen molar-refractivity contribution in [3.63, 3.8) is 0 Å². The van der Waals surface area contributed by atoms with Gasteiger partial charge in [0.15, 0.2) is 0 Å². The minimum absolute atomic E-state index is 0.00185. The molecule has 0 saturated carbocycles. The van der Waals surface area contributed by atoms with Crippen LogP contribution in [0.2, 0.25) is 0 Å². The highest BCUT2D eigenvalue weighted by molar-refractivity contribution is 9.10. The van der Waals surface area contributed by atoms with Gasteiger partial charge in [0.2, 0.25) is 0 Å². The highest BCUT2D eigenvalue weighted by Crippen LogP contribution is 2.23. The van der Waals surface area contributed by atoms with Gasteiger partial charge in [-0.3, -0.25) is 0 Å². The summed E-state index contributed by atoms with van der Waals surface area (Å²) in [4.78, 5) is 0. The van der Waals surface area contributed by atoms with Crippen molar-refractivity contribution in [2.45, 2.75) is 19.4 Å². The van der Waals surface area contributed by atoms with E-state index < -0.39 is 0 Å². The number of terminal acetylenes is 1. The molecule has 0 aliphatic rings. The Balaban J connectivity index is 2.34. The van der Waals surface area contributed by atoms with E-state index in [0.29, 0.717) is 0 Å². The molecular weight excluding hydrogens is 286 g/mol. The Bertz CT molecular complexity index is 583. The van der Waals surface area contributed by atoms with Gasteiger partial charge >= 0.3 is 0 Å². The Hall–Kier alpha value is -1.30. The SMILES string of the molecule is C#CC(NCCC)c1ccc2cc(Br)ccc2c1. The Morgan fingerprint density at radius 2 is 1.94 bits per heavy atom. The van der Waals surface area contributed by atoms with Gasteiger partial charge in [0.1, 0.15) is 0 Å². The smallest absolute Gasteiger partial charge is 0.0943 e. The summed E-state index contributed by atoms with van der Waals surface area (Å²) in [5.74, 6) is 2.81. The van der Waals surface area contributed by atoms with E-state index in [-0.39, 0.29) is 6.04 Å². The van der Waals surface area contributed by atoms with Crippen LogP contribution in [0.25, 0.3) is 10.8 Å². The molecule has 2 heteroatoms. The molecule has 2 aromatic carbocycles. The van der Waals surface area contributed by atoms with E-state index in [1.54, 1.807) is 0 Å². The first-order chi connectivity index (χ1) is 8.74. The normalized spacial score (nSPS) is 12.3. The largest absolute Gasteiger partial charge is 0.300 e. The van der Waals surface area contributed by atoms with Crippen LogP contribution in [0.15, 0.2) is 40.9 Å². The number of hydrogen-bond donors (Lipinski definition) is 1. The minimum Gasteiger partial charge on any atom is -0.300 e. The number of nitrogens with one attached hydrogen (secondary N) is 1. The van der Waals surface area contributed by atoms with E-state index in [9.17, 15) is 0 Å². The number of hydrogen-bond acceptors (Lipinski definition) is 1. The zero-order valence-corrected chi connectivity index (χ0v) is 12.0. The summed E-state index contributed by atoms with van der Waals surface area (Å²) >= 11 is 3.48. The topological polar surface area (TPSA) is 12.0 Å². The highest BCUT2D eigenvalue weighted by Gasteiger charge is 2.07. The van der Waals surface area contributed by atoms with Crippen molar-refractivity contribution in [2.75, 3.05) is 6.54 Å². The first kappa shape index (κ1) is 13.1. The Labute approximate surface area is 117 Å². The fourth-order valence-corrected chi connectivity index (χ4v) is 2.36. The molecule has 0 aromatic heterocycles. The lowest BCUT2D eigenvalue weighted by Gasteiger charge is -2.13. The Morgan fingerprint density at radius 1 is 1.22 bits per heavy atom. The first-order valence-electron chi connectivity index (χ1n) is 6.13. The molecule has 0 radical (unpaired) electrons. The summed E-state index contributed by atoms with van der Waals surface area (Å²) in [5.41, 5.74) is 1.15. The number of halogens is 1. The summed E-state index contributed by atoms with van der Waals surface area (Å²) in [7, 11) is 0. The van der Waals surface area contributed by atoms with Gasteiger partial charge in [-0.25, -0.2) is 0 Å². The van der Waals surface area contributed by atoms with Crippen LogP contribution < -0.4 is 5.32 Å². The molecule has 0 bridgehead atoms.